The number of carbonyl (C=O) groups is 1. The Kier molecular flexibility index (Phi) is 3.57. The van der Waals surface area contributed by atoms with Gasteiger partial charge in [0.1, 0.15) is 5.76 Å². The molecule has 0 aliphatic heterocycles. The molecular weight excluding hydrogens is 334 g/mol. The lowest BCUT2D eigenvalue weighted by Gasteiger charge is -2.03. The summed E-state index contributed by atoms with van der Waals surface area (Å²) in [5, 5.41) is 1.14. The van der Waals surface area contributed by atoms with Crippen molar-refractivity contribution in [3.8, 4) is 0 Å². The number of fused-ring (bicyclic) bond motifs is 1. The standard InChI is InChI=1S/C15H14BrN3O2/c1-9-7-10(21-14(9)15(20)18-17)8-19-6-5-11-12(16)3-2-4-13(11)19/h2-7H,8,17H2,1H3,(H,18,20). The number of carbonyl (C=O) groups excluding carboxylic acids is 1. The van der Waals surface area contributed by atoms with Crippen LogP contribution in [0.25, 0.3) is 10.9 Å². The fourth-order valence-corrected chi connectivity index (χ4v) is 2.90. The van der Waals surface area contributed by atoms with E-state index in [1.54, 1.807) is 0 Å². The van der Waals surface area contributed by atoms with Gasteiger partial charge in [-0.25, -0.2) is 5.84 Å². The normalized spacial score (nSPS) is 11.0. The molecule has 0 aliphatic carbocycles. The Morgan fingerprint density at radius 1 is 1.43 bits per heavy atom. The number of benzene rings is 1. The number of hydrogen-bond acceptors (Lipinski definition) is 3. The topological polar surface area (TPSA) is 73.2 Å². The Bertz CT molecular complexity index is 820. The van der Waals surface area contributed by atoms with Crippen molar-refractivity contribution >= 4 is 32.7 Å². The van der Waals surface area contributed by atoms with Crippen molar-refractivity contribution in [3.63, 3.8) is 0 Å². The van der Waals surface area contributed by atoms with Gasteiger partial charge in [0.05, 0.1) is 6.54 Å². The second-order valence-corrected chi connectivity index (χ2v) is 5.67. The largest absolute Gasteiger partial charge is 0.454 e. The van der Waals surface area contributed by atoms with Crippen LogP contribution in [-0.4, -0.2) is 10.5 Å². The molecule has 0 unspecified atom stereocenters. The van der Waals surface area contributed by atoms with E-state index < -0.39 is 5.91 Å². The number of nitrogen functional groups attached to an aromatic ring is 1. The third kappa shape index (κ3) is 2.48. The van der Waals surface area contributed by atoms with Crippen molar-refractivity contribution in [3.05, 3.63) is 58.1 Å². The molecule has 108 valence electrons. The fourth-order valence-electron chi connectivity index (χ4n) is 2.41. The van der Waals surface area contributed by atoms with Gasteiger partial charge < -0.3 is 8.98 Å². The maximum Gasteiger partial charge on any atom is 0.301 e. The number of aromatic nitrogens is 1. The molecule has 0 fully saturated rings. The predicted octanol–water partition coefficient (Wildman–Crippen LogP) is 2.96. The number of hydrogen-bond donors (Lipinski definition) is 2. The molecule has 0 aliphatic rings. The zero-order chi connectivity index (χ0) is 15.0. The minimum Gasteiger partial charge on any atom is -0.454 e. The summed E-state index contributed by atoms with van der Waals surface area (Å²) < 4.78 is 8.72. The van der Waals surface area contributed by atoms with Crippen molar-refractivity contribution in [1.29, 1.82) is 0 Å². The summed E-state index contributed by atoms with van der Waals surface area (Å²) in [5.41, 5.74) is 3.95. The first-order valence-electron chi connectivity index (χ1n) is 6.43. The molecule has 0 bridgehead atoms. The summed E-state index contributed by atoms with van der Waals surface area (Å²) in [5.74, 6) is 5.69. The van der Waals surface area contributed by atoms with Crippen LogP contribution in [0.2, 0.25) is 0 Å². The average Bonchev–Trinajstić information content (AvgIpc) is 3.04. The van der Waals surface area contributed by atoms with Crippen LogP contribution in [0, 0.1) is 6.92 Å². The van der Waals surface area contributed by atoms with E-state index in [1.807, 2.05) is 43.5 Å². The molecule has 1 amide bonds. The van der Waals surface area contributed by atoms with Gasteiger partial charge in [0.25, 0.3) is 0 Å². The molecule has 0 spiro atoms. The summed E-state index contributed by atoms with van der Waals surface area (Å²) in [4.78, 5) is 11.6. The number of nitrogens with zero attached hydrogens (tertiary/aromatic N) is 1. The second kappa shape index (κ2) is 5.38. The number of hydrazine groups is 1. The zero-order valence-electron chi connectivity index (χ0n) is 11.4. The Balaban J connectivity index is 1.96. The monoisotopic (exact) mass is 347 g/mol. The average molecular weight is 348 g/mol. The third-order valence-electron chi connectivity index (χ3n) is 3.39. The van der Waals surface area contributed by atoms with E-state index in [2.05, 4.69) is 25.9 Å². The van der Waals surface area contributed by atoms with Crippen molar-refractivity contribution in [2.24, 2.45) is 5.84 Å². The number of nitrogens with two attached hydrogens (primary N) is 1. The van der Waals surface area contributed by atoms with E-state index >= 15 is 0 Å². The van der Waals surface area contributed by atoms with E-state index in [1.165, 1.54) is 0 Å². The first-order valence-corrected chi connectivity index (χ1v) is 7.23. The molecule has 0 saturated carbocycles. The first kappa shape index (κ1) is 13.9. The van der Waals surface area contributed by atoms with Crippen LogP contribution >= 0.6 is 15.9 Å². The van der Waals surface area contributed by atoms with E-state index in [-0.39, 0.29) is 5.76 Å². The number of furan rings is 1. The molecule has 2 aromatic heterocycles. The van der Waals surface area contributed by atoms with E-state index in [0.717, 1.165) is 20.9 Å². The van der Waals surface area contributed by atoms with Crippen molar-refractivity contribution in [2.45, 2.75) is 13.5 Å². The van der Waals surface area contributed by atoms with E-state index in [4.69, 9.17) is 10.3 Å². The molecule has 3 aromatic rings. The fraction of sp³-hybridized carbons (Fsp3) is 0.133. The summed E-state index contributed by atoms with van der Waals surface area (Å²) >= 11 is 3.54. The molecule has 0 radical (unpaired) electrons. The lowest BCUT2D eigenvalue weighted by atomic mass is 10.2. The van der Waals surface area contributed by atoms with Crippen LogP contribution < -0.4 is 11.3 Å². The van der Waals surface area contributed by atoms with Gasteiger partial charge in [-0.3, -0.25) is 10.2 Å². The van der Waals surface area contributed by atoms with Crippen LogP contribution in [-0.2, 0) is 6.54 Å². The van der Waals surface area contributed by atoms with Gasteiger partial charge in [0.2, 0.25) is 0 Å². The van der Waals surface area contributed by atoms with Gasteiger partial charge in [-0.05, 0) is 31.2 Å². The van der Waals surface area contributed by atoms with Crippen molar-refractivity contribution in [2.75, 3.05) is 0 Å². The zero-order valence-corrected chi connectivity index (χ0v) is 13.0. The highest BCUT2D eigenvalue weighted by atomic mass is 79.9. The number of rotatable bonds is 3. The number of halogens is 1. The number of nitrogens with one attached hydrogen (secondary N) is 1. The summed E-state index contributed by atoms with van der Waals surface area (Å²) in [6, 6.07) is 9.94. The summed E-state index contributed by atoms with van der Waals surface area (Å²) in [6.45, 7) is 2.38. The maximum atomic E-state index is 11.6. The van der Waals surface area contributed by atoms with E-state index in [9.17, 15) is 4.79 Å². The maximum absolute atomic E-state index is 11.6. The smallest absolute Gasteiger partial charge is 0.301 e. The van der Waals surface area contributed by atoms with Crippen molar-refractivity contribution in [1.82, 2.24) is 9.99 Å². The minimum absolute atomic E-state index is 0.255. The molecular formula is C15H14BrN3O2. The highest BCUT2D eigenvalue weighted by Gasteiger charge is 2.15. The van der Waals surface area contributed by atoms with Gasteiger partial charge in [0, 0.05) is 27.1 Å². The van der Waals surface area contributed by atoms with Gasteiger partial charge >= 0.3 is 5.91 Å². The minimum atomic E-state index is -0.418. The Labute approximate surface area is 129 Å². The highest BCUT2D eigenvalue weighted by Crippen LogP contribution is 2.26. The molecule has 3 N–H and O–H groups in total. The van der Waals surface area contributed by atoms with Crippen molar-refractivity contribution < 1.29 is 9.21 Å². The van der Waals surface area contributed by atoms with Crippen LogP contribution in [0.4, 0.5) is 0 Å². The lowest BCUT2D eigenvalue weighted by molar-refractivity contribution is 0.0923. The van der Waals surface area contributed by atoms with Gasteiger partial charge in [0.15, 0.2) is 5.76 Å². The quantitative estimate of drug-likeness (QED) is 0.434. The lowest BCUT2D eigenvalue weighted by Crippen LogP contribution is -2.30. The predicted molar refractivity (Wildman–Crippen MR) is 83.8 cm³/mol. The van der Waals surface area contributed by atoms with E-state index in [0.29, 0.717) is 12.3 Å². The van der Waals surface area contributed by atoms with Crippen LogP contribution in [0.15, 0.2) is 45.4 Å². The highest BCUT2D eigenvalue weighted by molar-refractivity contribution is 9.10. The second-order valence-electron chi connectivity index (χ2n) is 4.81. The van der Waals surface area contributed by atoms with Gasteiger partial charge in [-0.2, -0.15) is 0 Å². The Morgan fingerprint density at radius 3 is 3.00 bits per heavy atom. The molecule has 0 atom stereocenters. The van der Waals surface area contributed by atoms with Crippen LogP contribution in [0.5, 0.6) is 0 Å². The number of amides is 1. The molecule has 6 heteroatoms. The molecule has 3 rings (SSSR count). The number of aryl methyl sites for hydroxylation is 1. The summed E-state index contributed by atoms with van der Waals surface area (Å²) in [6.07, 6.45) is 2.00. The molecule has 1 aromatic carbocycles. The summed E-state index contributed by atoms with van der Waals surface area (Å²) in [7, 11) is 0. The van der Waals surface area contributed by atoms with Crippen LogP contribution in [0.1, 0.15) is 21.9 Å². The molecule has 21 heavy (non-hydrogen) atoms. The Hall–Kier alpha value is -2.05. The molecule has 0 saturated heterocycles. The Morgan fingerprint density at radius 2 is 2.24 bits per heavy atom. The third-order valence-corrected chi connectivity index (χ3v) is 4.08. The van der Waals surface area contributed by atoms with Gasteiger partial charge in [-0.1, -0.05) is 22.0 Å². The molecule has 5 nitrogen and oxygen atoms in total. The molecule has 2 heterocycles. The van der Waals surface area contributed by atoms with Crippen LogP contribution in [0.3, 0.4) is 0 Å². The van der Waals surface area contributed by atoms with Gasteiger partial charge in [-0.15, -0.1) is 0 Å². The first-order chi connectivity index (χ1) is 10.1. The SMILES string of the molecule is Cc1cc(Cn2ccc3c(Br)cccc32)oc1C(=O)NN.